The van der Waals surface area contributed by atoms with E-state index in [4.69, 9.17) is 14.7 Å². The lowest BCUT2D eigenvalue weighted by atomic mass is 10.2. The fraction of sp³-hybridized carbons (Fsp3) is 0.435. The number of aromatic amines is 1. The minimum atomic E-state index is -0.436. The molecule has 0 unspecified atom stereocenters. The largest absolute Gasteiger partial charge is 0.461 e. The van der Waals surface area contributed by atoms with Crippen LogP contribution in [0, 0.1) is 20.8 Å². The van der Waals surface area contributed by atoms with Gasteiger partial charge in [-0.2, -0.15) is 5.10 Å². The number of piperazine rings is 1. The average molecular weight is 482 g/mol. The molecule has 0 amide bonds. The number of nitrogens with one attached hydrogen (secondary N) is 1. The molecule has 4 aromatic rings. The van der Waals surface area contributed by atoms with Crippen molar-refractivity contribution in [2.75, 3.05) is 37.7 Å². The van der Waals surface area contributed by atoms with Crippen molar-refractivity contribution < 1.29 is 9.53 Å². The van der Waals surface area contributed by atoms with Gasteiger partial charge in [0.15, 0.2) is 11.5 Å². The topological polar surface area (TPSA) is 109 Å². The lowest BCUT2D eigenvalue weighted by Gasteiger charge is -2.35. The van der Waals surface area contributed by atoms with Crippen LogP contribution in [0.1, 0.15) is 39.4 Å². The second-order valence-corrected chi connectivity index (χ2v) is 9.73. The minimum absolute atomic E-state index is 0.0648. The highest BCUT2D eigenvalue weighted by molar-refractivity contribution is 7.18. The monoisotopic (exact) mass is 481 g/mol. The molecule has 0 saturated carbocycles. The van der Waals surface area contributed by atoms with Crippen LogP contribution in [0.25, 0.3) is 15.7 Å². The highest BCUT2D eigenvalue weighted by Gasteiger charge is 2.23. The Balaban J connectivity index is 1.33. The van der Waals surface area contributed by atoms with Crippen LogP contribution in [0.4, 0.5) is 5.82 Å². The van der Waals surface area contributed by atoms with Gasteiger partial charge in [-0.1, -0.05) is 0 Å². The molecule has 0 radical (unpaired) electrons. The second-order valence-electron chi connectivity index (χ2n) is 8.52. The van der Waals surface area contributed by atoms with Crippen molar-refractivity contribution in [3.63, 3.8) is 0 Å². The number of ether oxygens (including phenoxy) is 1. The van der Waals surface area contributed by atoms with E-state index >= 15 is 0 Å². The van der Waals surface area contributed by atoms with Crippen molar-refractivity contribution in [2.45, 2.75) is 34.2 Å². The summed E-state index contributed by atoms with van der Waals surface area (Å²) < 4.78 is 6.80. The van der Waals surface area contributed by atoms with Gasteiger partial charge in [-0.05, 0) is 33.3 Å². The molecule has 0 spiro atoms. The summed E-state index contributed by atoms with van der Waals surface area (Å²) in [6.07, 6.45) is 1.81. The second kappa shape index (κ2) is 8.80. The number of carbonyl (C=O) groups is 1. The zero-order valence-electron chi connectivity index (χ0n) is 19.7. The molecule has 0 bridgehead atoms. The number of anilines is 1. The zero-order chi connectivity index (χ0) is 24.0. The Morgan fingerprint density at radius 2 is 1.94 bits per heavy atom. The summed E-state index contributed by atoms with van der Waals surface area (Å²) in [6, 6.07) is 1.74. The molecular formula is C23H27N7O3S. The molecule has 1 N–H and O–H groups in total. The molecule has 4 aromatic heterocycles. The number of thiophene rings is 1. The first-order valence-corrected chi connectivity index (χ1v) is 12.2. The third-order valence-corrected chi connectivity index (χ3v) is 7.28. The number of fused-ring (bicyclic) bond motifs is 2. The van der Waals surface area contributed by atoms with Gasteiger partial charge >= 0.3 is 5.97 Å². The molecule has 1 aliphatic rings. The fourth-order valence-corrected chi connectivity index (χ4v) is 5.38. The number of hydrogen-bond acceptors (Lipinski definition) is 9. The van der Waals surface area contributed by atoms with Crippen LogP contribution in [0.2, 0.25) is 0 Å². The van der Waals surface area contributed by atoms with E-state index in [9.17, 15) is 9.59 Å². The van der Waals surface area contributed by atoms with Crippen molar-refractivity contribution in [2.24, 2.45) is 0 Å². The SMILES string of the molecule is CCOC(=O)c1cc2c(N3CCN(Cc4nc5sc(C)c(C)c5c(=O)[nH]4)CC3)nc(C)cn2n1. The van der Waals surface area contributed by atoms with Gasteiger partial charge < -0.3 is 14.6 Å². The number of aryl methyl sites for hydroxylation is 3. The molecule has 10 nitrogen and oxygen atoms in total. The first kappa shape index (κ1) is 22.5. The first-order chi connectivity index (χ1) is 16.3. The van der Waals surface area contributed by atoms with Gasteiger partial charge in [0.2, 0.25) is 0 Å². The van der Waals surface area contributed by atoms with E-state index in [0.29, 0.717) is 24.4 Å². The Labute approximate surface area is 200 Å². The van der Waals surface area contributed by atoms with Gasteiger partial charge in [0.05, 0.1) is 30.4 Å². The van der Waals surface area contributed by atoms with Crippen LogP contribution >= 0.6 is 11.3 Å². The molecule has 1 aliphatic heterocycles. The lowest BCUT2D eigenvalue weighted by molar-refractivity contribution is 0.0519. The quantitative estimate of drug-likeness (QED) is 0.433. The molecule has 34 heavy (non-hydrogen) atoms. The summed E-state index contributed by atoms with van der Waals surface area (Å²) in [6.45, 7) is 11.7. The predicted molar refractivity (Wildman–Crippen MR) is 131 cm³/mol. The maximum atomic E-state index is 12.6. The fourth-order valence-electron chi connectivity index (χ4n) is 4.33. The molecule has 0 aromatic carbocycles. The van der Waals surface area contributed by atoms with Crippen molar-refractivity contribution in [3.8, 4) is 0 Å². The third-order valence-electron chi connectivity index (χ3n) is 6.17. The van der Waals surface area contributed by atoms with Crippen LogP contribution in [0.3, 0.4) is 0 Å². The number of rotatable bonds is 5. The van der Waals surface area contributed by atoms with Crippen molar-refractivity contribution in [1.82, 2.24) is 29.5 Å². The number of aromatic nitrogens is 5. The van der Waals surface area contributed by atoms with E-state index in [-0.39, 0.29) is 11.3 Å². The summed E-state index contributed by atoms with van der Waals surface area (Å²) in [4.78, 5) is 43.6. The summed E-state index contributed by atoms with van der Waals surface area (Å²) in [5.41, 5.74) is 2.82. The molecule has 0 aliphatic carbocycles. The average Bonchev–Trinajstić information content (AvgIpc) is 3.35. The molecule has 0 atom stereocenters. The van der Waals surface area contributed by atoms with Gasteiger partial charge in [-0.15, -0.1) is 11.3 Å². The Morgan fingerprint density at radius 3 is 2.68 bits per heavy atom. The molecule has 5 rings (SSSR count). The van der Waals surface area contributed by atoms with Crippen LogP contribution in [0.15, 0.2) is 17.1 Å². The molecule has 178 valence electrons. The smallest absolute Gasteiger partial charge is 0.358 e. The van der Waals surface area contributed by atoms with Crippen LogP contribution in [-0.2, 0) is 11.3 Å². The van der Waals surface area contributed by atoms with Gasteiger partial charge in [0.1, 0.15) is 16.2 Å². The van der Waals surface area contributed by atoms with Crippen molar-refractivity contribution in [1.29, 1.82) is 0 Å². The Kier molecular flexibility index (Phi) is 5.82. The normalized spacial score (nSPS) is 14.9. The maximum Gasteiger partial charge on any atom is 0.358 e. The van der Waals surface area contributed by atoms with E-state index < -0.39 is 5.97 Å². The summed E-state index contributed by atoms with van der Waals surface area (Å²) in [5.74, 6) is 1.06. The first-order valence-electron chi connectivity index (χ1n) is 11.3. The molecule has 1 fully saturated rings. The highest BCUT2D eigenvalue weighted by Crippen LogP contribution is 2.26. The summed E-state index contributed by atoms with van der Waals surface area (Å²) in [5, 5.41) is 5.09. The molecular weight excluding hydrogens is 454 g/mol. The van der Waals surface area contributed by atoms with Crippen LogP contribution in [0.5, 0.6) is 0 Å². The van der Waals surface area contributed by atoms with E-state index in [0.717, 1.165) is 58.5 Å². The minimum Gasteiger partial charge on any atom is -0.461 e. The van der Waals surface area contributed by atoms with E-state index in [1.54, 1.807) is 28.8 Å². The number of H-pyrrole nitrogens is 1. The highest BCUT2D eigenvalue weighted by atomic mass is 32.1. The van der Waals surface area contributed by atoms with Crippen molar-refractivity contribution >= 4 is 38.9 Å². The number of hydrogen-bond donors (Lipinski definition) is 1. The summed E-state index contributed by atoms with van der Waals surface area (Å²) in [7, 11) is 0. The number of esters is 1. The van der Waals surface area contributed by atoms with Crippen LogP contribution < -0.4 is 10.5 Å². The van der Waals surface area contributed by atoms with E-state index in [2.05, 4.69) is 19.9 Å². The van der Waals surface area contributed by atoms with Crippen molar-refractivity contribution in [3.05, 3.63) is 50.3 Å². The molecule has 5 heterocycles. The Bertz CT molecular complexity index is 1450. The molecule has 1 saturated heterocycles. The number of nitrogens with zero attached hydrogens (tertiary/aromatic N) is 6. The Morgan fingerprint density at radius 1 is 1.18 bits per heavy atom. The van der Waals surface area contributed by atoms with Gasteiger partial charge in [0, 0.05) is 37.1 Å². The van der Waals surface area contributed by atoms with Crippen LogP contribution in [-0.4, -0.2) is 68.2 Å². The maximum absolute atomic E-state index is 12.6. The van der Waals surface area contributed by atoms with Gasteiger partial charge in [0.25, 0.3) is 5.56 Å². The standard InChI is InChI=1S/C23H27N7O3S/c1-5-33-23(32)16-10-17-20(24-13(2)11-30(17)27-16)29-8-6-28(7-9-29)12-18-25-21(31)19-14(3)15(4)34-22(19)26-18/h10-11H,5-9,12H2,1-4H3,(H,25,26,31). The number of carbonyl (C=O) groups excluding carboxylic acids is 1. The van der Waals surface area contributed by atoms with Gasteiger partial charge in [-0.3, -0.25) is 9.69 Å². The van der Waals surface area contributed by atoms with E-state index in [1.165, 1.54) is 0 Å². The zero-order valence-corrected chi connectivity index (χ0v) is 20.5. The van der Waals surface area contributed by atoms with E-state index in [1.807, 2.05) is 27.0 Å². The molecule has 11 heteroatoms. The lowest BCUT2D eigenvalue weighted by Crippen LogP contribution is -2.46. The third kappa shape index (κ3) is 4.05. The van der Waals surface area contributed by atoms with Gasteiger partial charge in [-0.25, -0.2) is 19.3 Å². The summed E-state index contributed by atoms with van der Waals surface area (Å²) >= 11 is 1.57. The Hall–Kier alpha value is -3.31. The predicted octanol–water partition coefficient (Wildman–Crippen LogP) is 2.45.